The zero-order chi connectivity index (χ0) is 21.4. The lowest BCUT2D eigenvalue weighted by atomic mass is 10.1. The number of piperidine rings is 1. The molecule has 1 aliphatic carbocycles. The number of benzene rings is 1. The Bertz CT molecular complexity index is 1110. The van der Waals surface area contributed by atoms with Crippen LogP contribution in [-0.2, 0) is 0 Å². The number of hydrogen-bond donors (Lipinski definition) is 3. The maximum Gasteiger partial charge on any atom is 0.291 e. The number of nitrogens with one attached hydrogen (secondary N) is 2. The maximum absolute atomic E-state index is 14.7. The van der Waals surface area contributed by atoms with Gasteiger partial charge in [0.1, 0.15) is 5.82 Å². The van der Waals surface area contributed by atoms with E-state index in [-0.39, 0.29) is 17.7 Å². The second-order valence-electron chi connectivity index (χ2n) is 8.32. The highest BCUT2D eigenvalue weighted by Crippen LogP contribution is 2.39. The van der Waals surface area contributed by atoms with E-state index in [2.05, 4.69) is 20.3 Å². The summed E-state index contributed by atoms with van der Waals surface area (Å²) in [6.45, 7) is 1.26. The van der Waals surface area contributed by atoms with E-state index in [1.807, 2.05) is 17.0 Å². The van der Waals surface area contributed by atoms with Gasteiger partial charge in [-0.15, -0.1) is 0 Å². The number of nitrogens with two attached hydrogens (primary N) is 1. The van der Waals surface area contributed by atoms with Crippen molar-refractivity contribution in [1.82, 2.24) is 15.0 Å². The molecule has 1 atom stereocenters. The third-order valence-corrected chi connectivity index (χ3v) is 5.87. The summed E-state index contributed by atoms with van der Waals surface area (Å²) < 4.78 is 14.7. The highest BCUT2D eigenvalue weighted by atomic mass is 19.1. The van der Waals surface area contributed by atoms with E-state index in [1.165, 1.54) is 18.9 Å². The normalized spacial score (nSPS) is 18.8. The molecule has 1 aromatic carbocycles. The first-order valence-corrected chi connectivity index (χ1v) is 10.7. The minimum atomic E-state index is -0.420. The number of aromatic nitrogens is 3. The fourth-order valence-corrected chi connectivity index (χ4v) is 4.13. The molecule has 1 aliphatic heterocycles. The molecule has 8 heteroatoms. The Hall–Kier alpha value is -3.26. The Labute approximate surface area is 179 Å². The number of anilines is 2. The Morgan fingerprint density at radius 2 is 2.13 bits per heavy atom. The van der Waals surface area contributed by atoms with E-state index < -0.39 is 5.91 Å². The Morgan fingerprint density at radius 3 is 2.94 bits per heavy atom. The van der Waals surface area contributed by atoms with Crippen LogP contribution in [0.15, 0.2) is 42.7 Å². The van der Waals surface area contributed by atoms with Gasteiger partial charge >= 0.3 is 0 Å². The predicted molar refractivity (Wildman–Crippen MR) is 118 cm³/mol. The van der Waals surface area contributed by atoms with Crippen LogP contribution in [-0.4, -0.2) is 40.0 Å². The number of carbonyl (C=O) groups excluding carboxylic acids is 1. The number of H-pyrrole nitrogens is 1. The molecule has 0 bridgehead atoms. The molecule has 2 fully saturated rings. The fourth-order valence-electron chi connectivity index (χ4n) is 4.13. The van der Waals surface area contributed by atoms with Crippen LogP contribution < -0.4 is 16.0 Å². The fraction of sp³-hybridized carbons (Fsp3) is 0.348. The molecule has 7 nitrogen and oxygen atoms in total. The van der Waals surface area contributed by atoms with Crippen LogP contribution in [0, 0.1) is 5.82 Å². The van der Waals surface area contributed by atoms with Gasteiger partial charge in [0.2, 0.25) is 0 Å². The smallest absolute Gasteiger partial charge is 0.291 e. The predicted octanol–water partition coefficient (Wildman–Crippen LogP) is 3.67. The lowest BCUT2D eigenvalue weighted by Gasteiger charge is -2.34. The number of nitrogens with zero attached hydrogens (tertiary/aromatic N) is 3. The van der Waals surface area contributed by atoms with E-state index in [0.29, 0.717) is 36.1 Å². The maximum atomic E-state index is 14.7. The number of halogens is 1. The van der Waals surface area contributed by atoms with Crippen molar-refractivity contribution in [2.24, 2.45) is 5.73 Å². The van der Waals surface area contributed by atoms with Crippen molar-refractivity contribution in [3.8, 4) is 11.3 Å². The standard InChI is InChI=1S/C23H25FN6O/c24-17-4-1-5-18(21(17)30-10-2-3-16(25)13-30)29-23(31)22-27-12-20(28-22)15-8-9-26-19(11-15)14-6-7-14/h1,4-5,8-9,11-12,14,16H,2-3,6-7,10,13,25H2,(H,27,28)(H,29,31)/t16-/m1/s1. The third kappa shape index (κ3) is 4.16. The third-order valence-electron chi connectivity index (χ3n) is 5.87. The Morgan fingerprint density at radius 1 is 1.26 bits per heavy atom. The summed E-state index contributed by atoms with van der Waals surface area (Å²) in [5, 5.41) is 2.82. The number of hydrogen-bond acceptors (Lipinski definition) is 5. The number of aromatic amines is 1. The molecule has 1 saturated carbocycles. The Balaban J connectivity index is 1.37. The molecule has 4 N–H and O–H groups in total. The van der Waals surface area contributed by atoms with Gasteiger partial charge in [0, 0.05) is 48.7 Å². The molecular weight excluding hydrogens is 395 g/mol. The average Bonchev–Trinajstić information content (AvgIpc) is 3.50. The summed E-state index contributed by atoms with van der Waals surface area (Å²) in [5.74, 6) is -0.0892. The number of imidazole rings is 1. The molecular formula is C23H25FN6O. The molecule has 3 heterocycles. The van der Waals surface area contributed by atoms with Crippen molar-refractivity contribution < 1.29 is 9.18 Å². The van der Waals surface area contributed by atoms with E-state index in [0.717, 1.165) is 24.1 Å². The summed E-state index contributed by atoms with van der Waals surface area (Å²) in [5.41, 5.74) is 9.52. The second-order valence-corrected chi connectivity index (χ2v) is 8.32. The topological polar surface area (TPSA) is 99.9 Å². The average molecular weight is 420 g/mol. The van der Waals surface area contributed by atoms with Crippen molar-refractivity contribution in [2.75, 3.05) is 23.3 Å². The van der Waals surface area contributed by atoms with Crippen LogP contribution in [0.5, 0.6) is 0 Å². The zero-order valence-electron chi connectivity index (χ0n) is 17.1. The molecule has 160 valence electrons. The zero-order valence-corrected chi connectivity index (χ0v) is 17.1. The van der Waals surface area contributed by atoms with Crippen LogP contribution >= 0.6 is 0 Å². The first kappa shape index (κ1) is 19.7. The number of pyridine rings is 1. The molecule has 1 saturated heterocycles. The van der Waals surface area contributed by atoms with Crippen LogP contribution in [0.25, 0.3) is 11.3 Å². The van der Waals surface area contributed by atoms with Crippen molar-refractivity contribution in [3.05, 3.63) is 60.1 Å². The van der Waals surface area contributed by atoms with Gasteiger partial charge in [-0.25, -0.2) is 9.37 Å². The molecule has 2 aliphatic rings. The molecule has 0 radical (unpaired) electrons. The summed E-state index contributed by atoms with van der Waals surface area (Å²) >= 11 is 0. The van der Waals surface area contributed by atoms with Gasteiger partial charge in [-0.05, 0) is 49.9 Å². The molecule has 31 heavy (non-hydrogen) atoms. The van der Waals surface area contributed by atoms with Crippen molar-refractivity contribution in [3.63, 3.8) is 0 Å². The first-order valence-electron chi connectivity index (χ1n) is 10.7. The molecule has 0 unspecified atom stereocenters. The number of rotatable bonds is 5. The van der Waals surface area contributed by atoms with Gasteiger partial charge in [0.05, 0.1) is 17.1 Å². The largest absolute Gasteiger partial charge is 0.366 e. The second kappa shape index (κ2) is 8.11. The monoisotopic (exact) mass is 420 g/mol. The number of para-hydroxylation sites is 1. The first-order chi connectivity index (χ1) is 15.1. The van der Waals surface area contributed by atoms with Crippen LogP contribution in [0.3, 0.4) is 0 Å². The van der Waals surface area contributed by atoms with Gasteiger partial charge in [0.25, 0.3) is 5.91 Å². The highest BCUT2D eigenvalue weighted by molar-refractivity contribution is 6.04. The van der Waals surface area contributed by atoms with E-state index in [1.54, 1.807) is 24.5 Å². The van der Waals surface area contributed by atoms with Crippen molar-refractivity contribution in [1.29, 1.82) is 0 Å². The molecule has 0 spiro atoms. The minimum absolute atomic E-state index is 0.00886. The van der Waals surface area contributed by atoms with E-state index in [4.69, 9.17) is 5.73 Å². The van der Waals surface area contributed by atoms with Gasteiger partial charge in [-0.1, -0.05) is 6.07 Å². The van der Waals surface area contributed by atoms with Crippen LogP contribution in [0.2, 0.25) is 0 Å². The Kier molecular flexibility index (Phi) is 5.15. The summed E-state index contributed by atoms with van der Waals surface area (Å²) in [6, 6.07) is 8.59. The minimum Gasteiger partial charge on any atom is -0.366 e. The van der Waals surface area contributed by atoms with Crippen LogP contribution in [0.4, 0.5) is 15.8 Å². The van der Waals surface area contributed by atoms with E-state index >= 15 is 0 Å². The summed E-state index contributed by atoms with van der Waals surface area (Å²) in [7, 11) is 0. The van der Waals surface area contributed by atoms with Crippen LogP contribution in [0.1, 0.15) is 47.9 Å². The summed E-state index contributed by atoms with van der Waals surface area (Å²) in [6.07, 6.45) is 7.63. The molecule has 3 aromatic rings. The van der Waals surface area contributed by atoms with Gasteiger partial charge in [-0.3, -0.25) is 9.78 Å². The molecule has 5 rings (SSSR count). The number of amides is 1. The lowest BCUT2D eigenvalue weighted by molar-refractivity contribution is 0.101. The number of carbonyl (C=O) groups is 1. The SMILES string of the molecule is N[C@@H]1CCCN(c2c(F)cccc2NC(=O)c2nc(-c3ccnc(C4CC4)c3)c[nH]2)C1. The molecule has 2 aromatic heterocycles. The highest BCUT2D eigenvalue weighted by Gasteiger charge is 2.26. The van der Waals surface area contributed by atoms with Gasteiger partial charge in [-0.2, -0.15) is 0 Å². The van der Waals surface area contributed by atoms with Gasteiger partial charge < -0.3 is 20.9 Å². The molecule has 1 amide bonds. The van der Waals surface area contributed by atoms with Crippen molar-refractivity contribution >= 4 is 17.3 Å². The summed E-state index contributed by atoms with van der Waals surface area (Å²) in [4.78, 5) is 26.6. The van der Waals surface area contributed by atoms with E-state index in [9.17, 15) is 9.18 Å². The lowest BCUT2D eigenvalue weighted by Crippen LogP contribution is -2.43. The van der Waals surface area contributed by atoms with Crippen molar-refractivity contribution in [2.45, 2.75) is 37.6 Å². The quantitative estimate of drug-likeness (QED) is 0.585. The van der Waals surface area contributed by atoms with Gasteiger partial charge in [0.15, 0.2) is 5.82 Å².